The van der Waals surface area contributed by atoms with Crippen LogP contribution in [0.5, 0.6) is 0 Å². The van der Waals surface area contributed by atoms with E-state index in [1.165, 1.54) is 70.1 Å². The first kappa shape index (κ1) is 23.0. The number of benzene rings is 1. The number of nitro groups is 1. The maximum absolute atomic E-state index is 12.6. The van der Waals surface area contributed by atoms with Crippen LogP contribution in [0, 0.1) is 16.0 Å². The van der Waals surface area contributed by atoms with E-state index >= 15 is 0 Å². The number of non-ortho nitro benzene ring substituents is 1. The van der Waals surface area contributed by atoms with Crippen molar-refractivity contribution in [1.82, 2.24) is 0 Å². The van der Waals surface area contributed by atoms with E-state index in [1.54, 1.807) is 6.07 Å². The highest BCUT2D eigenvalue weighted by Crippen LogP contribution is 2.21. The molecular formula is C22H33NO4. The van der Waals surface area contributed by atoms with Crippen molar-refractivity contribution in [2.75, 3.05) is 0 Å². The quantitative estimate of drug-likeness (QED) is 0.119. The van der Waals surface area contributed by atoms with E-state index in [9.17, 15) is 19.7 Å². The Kier molecular flexibility index (Phi) is 11.2. The Hall–Kier alpha value is -2.04. The molecule has 0 N–H and O–H groups in total. The molecule has 0 radical (unpaired) electrons. The van der Waals surface area contributed by atoms with Crippen LogP contribution in [-0.2, 0) is 4.79 Å². The van der Waals surface area contributed by atoms with Crippen LogP contribution in [0.25, 0.3) is 0 Å². The fourth-order valence-corrected chi connectivity index (χ4v) is 3.33. The highest BCUT2D eigenvalue weighted by Gasteiger charge is 2.25. The van der Waals surface area contributed by atoms with Gasteiger partial charge in [0.1, 0.15) is 5.78 Å². The second-order valence-electron chi connectivity index (χ2n) is 7.31. The van der Waals surface area contributed by atoms with E-state index in [2.05, 4.69) is 6.92 Å². The molecule has 0 aliphatic heterocycles. The SMILES string of the molecule is CCCCCCCCCCCCC(C(C)=O)C(=O)c1cccc([N+](=O)[O-])c1. The largest absolute Gasteiger partial charge is 0.299 e. The van der Waals surface area contributed by atoms with Gasteiger partial charge in [0.05, 0.1) is 10.8 Å². The number of nitrogens with zero attached hydrogens (tertiary/aromatic N) is 1. The van der Waals surface area contributed by atoms with Gasteiger partial charge in [-0.15, -0.1) is 0 Å². The molecule has 5 heteroatoms. The fourth-order valence-electron chi connectivity index (χ4n) is 3.33. The summed E-state index contributed by atoms with van der Waals surface area (Å²) < 4.78 is 0. The molecule has 1 atom stereocenters. The van der Waals surface area contributed by atoms with Gasteiger partial charge < -0.3 is 0 Å². The van der Waals surface area contributed by atoms with Crippen LogP contribution in [0.4, 0.5) is 5.69 Å². The summed E-state index contributed by atoms with van der Waals surface area (Å²) in [6.45, 7) is 3.65. The molecule has 0 spiro atoms. The highest BCUT2D eigenvalue weighted by atomic mass is 16.6. The van der Waals surface area contributed by atoms with Crippen LogP contribution in [0.1, 0.15) is 94.8 Å². The van der Waals surface area contributed by atoms with Crippen molar-refractivity contribution in [3.05, 3.63) is 39.9 Å². The Balaban J connectivity index is 2.37. The number of unbranched alkanes of at least 4 members (excludes halogenated alkanes) is 9. The Morgan fingerprint density at radius 1 is 0.963 bits per heavy atom. The number of nitro benzene ring substituents is 1. The van der Waals surface area contributed by atoms with Gasteiger partial charge in [0.25, 0.3) is 5.69 Å². The van der Waals surface area contributed by atoms with E-state index in [4.69, 9.17) is 0 Å². The minimum absolute atomic E-state index is 0.123. The van der Waals surface area contributed by atoms with Crippen molar-refractivity contribution >= 4 is 17.3 Å². The number of carbonyl (C=O) groups is 2. The van der Waals surface area contributed by atoms with Crippen molar-refractivity contribution in [1.29, 1.82) is 0 Å². The Labute approximate surface area is 162 Å². The Morgan fingerprint density at radius 3 is 2.04 bits per heavy atom. The topological polar surface area (TPSA) is 77.3 Å². The molecule has 5 nitrogen and oxygen atoms in total. The molecular weight excluding hydrogens is 342 g/mol. The van der Waals surface area contributed by atoms with Crippen LogP contribution < -0.4 is 0 Å². The van der Waals surface area contributed by atoms with Crippen LogP contribution >= 0.6 is 0 Å². The lowest BCUT2D eigenvalue weighted by atomic mass is 9.89. The highest BCUT2D eigenvalue weighted by molar-refractivity contribution is 6.10. The van der Waals surface area contributed by atoms with E-state index in [1.807, 2.05) is 0 Å². The van der Waals surface area contributed by atoms with Crippen molar-refractivity contribution in [3.8, 4) is 0 Å². The average molecular weight is 376 g/mol. The lowest BCUT2D eigenvalue weighted by Crippen LogP contribution is -2.22. The molecule has 0 saturated carbocycles. The molecule has 0 saturated heterocycles. The predicted molar refractivity (Wildman–Crippen MR) is 108 cm³/mol. The predicted octanol–water partition coefficient (Wildman–Crippen LogP) is 6.29. The van der Waals surface area contributed by atoms with Crippen LogP contribution in [0.2, 0.25) is 0 Å². The van der Waals surface area contributed by atoms with Gasteiger partial charge in [-0.3, -0.25) is 19.7 Å². The molecule has 1 rings (SSSR count). The smallest absolute Gasteiger partial charge is 0.270 e. The van der Waals surface area contributed by atoms with Crippen LogP contribution in [0.15, 0.2) is 24.3 Å². The summed E-state index contributed by atoms with van der Waals surface area (Å²) in [5.74, 6) is -1.16. The third-order valence-electron chi connectivity index (χ3n) is 5.00. The molecule has 0 heterocycles. The van der Waals surface area contributed by atoms with Crippen molar-refractivity contribution in [3.63, 3.8) is 0 Å². The van der Waals surface area contributed by atoms with Gasteiger partial charge in [-0.1, -0.05) is 83.3 Å². The summed E-state index contributed by atoms with van der Waals surface area (Å²) in [6.07, 6.45) is 12.5. The van der Waals surface area contributed by atoms with Crippen molar-refractivity contribution in [2.24, 2.45) is 5.92 Å². The van der Waals surface area contributed by atoms with Gasteiger partial charge >= 0.3 is 0 Å². The monoisotopic (exact) mass is 375 g/mol. The summed E-state index contributed by atoms with van der Waals surface area (Å²) in [6, 6.07) is 5.64. The first-order chi connectivity index (χ1) is 13.0. The van der Waals surface area contributed by atoms with E-state index in [0.717, 1.165) is 19.3 Å². The number of rotatable bonds is 15. The van der Waals surface area contributed by atoms with Gasteiger partial charge in [0.2, 0.25) is 0 Å². The third-order valence-corrected chi connectivity index (χ3v) is 5.00. The minimum atomic E-state index is -0.693. The number of ketones is 2. The lowest BCUT2D eigenvalue weighted by Gasteiger charge is -2.12. The zero-order valence-electron chi connectivity index (χ0n) is 16.7. The minimum Gasteiger partial charge on any atom is -0.299 e. The molecule has 0 fully saturated rings. The summed E-state index contributed by atoms with van der Waals surface area (Å²) in [4.78, 5) is 34.9. The second-order valence-corrected chi connectivity index (χ2v) is 7.31. The molecule has 0 amide bonds. The van der Waals surface area contributed by atoms with Crippen LogP contribution in [-0.4, -0.2) is 16.5 Å². The molecule has 1 aromatic carbocycles. The average Bonchev–Trinajstić information content (AvgIpc) is 2.65. The molecule has 27 heavy (non-hydrogen) atoms. The van der Waals surface area contributed by atoms with Gasteiger partial charge in [-0.2, -0.15) is 0 Å². The third kappa shape index (κ3) is 8.94. The van der Waals surface area contributed by atoms with Gasteiger partial charge in [-0.25, -0.2) is 0 Å². The van der Waals surface area contributed by atoms with E-state index in [-0.39, 0.29) is 22.8 Å². The molecule has 0 aliphatic carbocycles. The molecule has 1 unspecified atom stereocenters. The second kappa shape index (κ2) is 13.2. The number of hydrogen-bond acceptors (Lipinski definition) is 4. The first-order valence-corrected chi connectivity index (χ1v) is 10.3. The van der Waals surface area contributed by atoms with E-state index < -0.39 is 10.8 Å². The van der Waals surface area contributed by atoms with Crippen LogP contribution in [0.3, 0.4) is 0 Å². The zero-order valence-corrected chi connectivity index (χ0v) is 16.7. The van der Waals surface area contributed by atoms with Gasteiger partial charge in [-0.05, 0) is 13.3 Å². The normalized spacial score (nSPS) is 11.9. The van der Waals surface area contributed by atoms with Crippen molar-refractivity contribution < 1.29 is 14.5 Å². The molecule has 150 valence electrons. The molecule has 0 bridgehead atoms. The van der Waals surface area contributed by atoms with E-state index in [0.29, 0.717) is 6.42 Å². The first-order valence-electron chi connectivity index (χ1n) is 10.3. The molecule has 1 aromatic rings. The van der Waals surface area contributed by atoms with Gasteiger partial charge in [0.15, 0.2) is 5.78 Å². The summed E-state index contributed by atoms with van der Waals surface area (Å²) in [5, 5.41) is 10.9. The maximum Gasteiger partial charge on any atom is 0.270 e. The summed E-state index contributed by atoms with van der Waals surface area (Å²) >= 11 is 0. The molecule has 0 aliphatic rings. The number of Topliss-reactive ketones (excluding diaryl/α,β-unsaturated/α-hetero) is 2. The molecule has 0 aromatic heterocycles. The zero-order chi connectivity index (χ0) is 20.1. The van der Waals surface area contributed by atoms with Gasteiger partial charge in [0, 0.05) is 17.7 Å². The standard InChI is InChI=1S/C22H33NO4/c1-3-4-5-6-7-8-9-10-11-12-16-21(18(2)24)22(25)19-14-13-15-20(17-19)23(26)27/h13-15,17,21H,3-12,16H2,1-2H3. The summed E-state index contributed by atoms with van der Waals surface area (Å²) in [5.41, 5.74) is 0.124. The van der Waals surface area contributed by atoms with Crippen molar-refractivity contribution in [2.45, 2.75) is 84.5 Å². The Bertz CT molecular complexity index is 612. The maximum atomic E-state index is 12.6. The number of hydrogen-bond donors (Lipinski definition) is 0. The number of carbonyl (C=O) groups excluding carboxylic acids is 2. The fraction of sp³-hybridized carbons (Fsp3) is 0.636. The summed E-state index contributed by atoms with van der Waals surface area (Å²) in [7, 11) is 0. The Morgan fingerprint density at radius 2 is 1.52 bits per heavy atom. The lowest BCUT2D eigenvalue weighted by molar-refractivity contribution is -0.384.